The summed E-state index contributed by atoms with van der Waals surface area (Å²) in [5, 5.41) is 22.5. The van der Waals surface area contributed by atoms with Gasteiger partial charge < -0.3 is 25.6 Å². The van der Waals surface area contributed by atoms with Gasteiger partial charge in [-0.25, -0.2) is 4.79 Å². The van der Waals surface area contributed by atoms with Gasteiger partial charge in [0.25, 0.3) is 0 Å². The molecule has 324 valence electrons. The summed E-state index contributed by atoms with van der Waals surface area (Å²) in [7, 11) is 0. The molecule has 0 spiro atoms. The molecule has 0 aromatic rings. The second kappa shape index (κ2) is 41.9. The van der Waals surface area contributed by atoms with Gasteiger partial charge in [-0.1, -0.05) is 151 Å². The van der Waals surface area contributed by atoms with Gasteiger partial charge in [-0.15, -0.1) is 0 Å². The number of unbranched alkanes of at least 4 members (excludes halogenated alkanes) is 15. The van der Waals surface area contributed by atoms with E-state index in [9.17, 15) is 19.2 Å². The van der Waals surface area contributed by atoms with Gasteiger partial charge in [-0.05, 0) is 89.5 Å². The molecule has 0 aliphatic carbocycles. The van der Waals surface area contributed by atoms with E-state index in [1.165, 1.54) is 44.9 Å². The van der Waals surface area contributed by atoms with E-state index >= 15 is 0 Å². The van der Waals surface area contributed by atoms with Crippen molar-refractivity contribution in [2.45, 2.75) is 193 Å². The van der Waals surface area contributed by atoms with Crippen molar-refractivity contribution in [3.8, 4) is 0 Å². The third kappa shape index (κ3) is 38.9. The fourth-order valence-corrected chi connectivity index (χ4v) is 6.01. The number of carboxylic acid groups (broad SMARTS) is 1. The second-order valence-corrected chi connectivity index (χ2v) is 14.8. The van der Waals surface area contributed by atoms with Gasteiger partial charge >= 0.3 is 11.9 Å². The molecule has 0 aliphatic heterocycles. The monoisotopic (exact) mass is 797 g/mol. The van der Waals surface area contributed by atoms with E-state index in [1.807, 2.05) is 0 Å². The molecule has 2 atom stereocenters. The molecule has 0 rings (SSSR count). The Kier molecular flexibility index (Phi) is 39.2. The number of esters is 1. The molecule has 0 saturated heterocycles. The summed E-state index contributed by atoms with van der Waals surface area (Å²) in [5.41, 5.74) is 0. The Labute approximate surface area is 346 Å². The second-order valence-electron chi connectivity index (χ2n) is 14.8. The van der Waals surface area contributed by atoms with E-state index in [4.69, 9.17) is 14.9 Å². The van der Waals surface area contributed by atoms with E-state index in [0.717, 1.165) is 103 Å². The minimum Gasteiger partial charge on any atom is -0.480 e. The van der Waals surface area contributed by atoms with E-state index < -0.39 is 24.5 Å². The Hall–Kier alpha value is -3.72. The number of hydrogen-bond donors (Lipinski definition) is 4. The van der Waals surface area contributed by atoms with Gasteiger partial charge in [0.1, 0.15) is 12.1 Å². The van der Waals surface area contributed by atoms with Gasteiger partial charge in [0, 0.05) is 12.8 Å². The van der Waals surface area contributed by atoms with Crippen molar-refractivity contribution in [2.24, 2.45) is 0 Å². The number of carbonyl (C=O) groups excluding carboxylic acids is 3. The van der Waals surface area contributed by atoms with Crippen LogP contribution in [0.3, 0.4) is 0 Å². The van der Waals surface area contributed by atoms with Crippen LogP contribution in [-0.2, 0) is 23.9 Å². The van der Waals surface area contributed by atoms with Crippen molar-refractivity contribution in [2.75, 3.05) is 13.2 Å². The number of aliphatic hydroxyl groups excluding tert-OH is 1. The van der Waals surface area contributed by atoms with Crippen molar-refractivity contribution in [3.05, 3.63) is 72.9 Å². The quantitative estimate of drug-likeness (QED) is 0.0276. The van der Waals surface area contributed by atoms with Crippen LogP contribution in [0, 0.1) is 0 Å². The van der Waals surface area contributed by atoms with Gasteiger partial charge in [0.15, 0.2) is 0 Å². The molecule has 9 heteroatoms. The summed E-state index contributed by atoms with van der Waals surface area (Å²) in [6.07, 6.45) is 52.4. The SMILES string of the molecule is CC/C=C\C/C=C\C/C=C\C/C=C\CCCCCCCCC(=O)OC(/C=C\C/C=C\CCCCCC)CCCCCCCCC(=O)NCC(=O)NC(CO)C(=O)O. The number of aliphatic carboxylic acids is 1. The summed E-state index contributed by atoms with van der Waals surface area (Å²) >= 11 is 0. The summed E-state index contributed by atoms with van der Waals surface area (Å²) in [6, 6.07) is -1.39. The molecule has 0 saturated carbocycles. The molecular weight excluding hydrogens is 717 g/mol. The largest absolute Gasteiger partial charge is 0.480 e. The molecule has 0 radical (unpaired) electrons. The molecular formula is C48H80N2O7. The first kappa shape index (κ1) is 53.3. The van der Waals surface area contributed by atoms with Crippen LogP contribution in [-0.4, -0.2) is 59.3 Å². The number of ether oxygens (including phenoxy) is 1. The zero-order chi connectivity index (χ0) is 41.9. The zero-order valence-corrected chi connectivity index (χ0v) is 35.8. The lowest BCUT2D eigenvalue weighted by Gasteiger charge is -2.15. The van der Waals surface area contributed by atoms with E-state index in [1.54, 1.807) is 0 Å². The molecule has 0 aromatic heterocycles. The fraction of sp³-hybridized carbons (Fsp3) is 0.667. The summed E-state index contributed by atoms with van der Waals surface area (Å²) in [6.45, 7) is 3.33. The Morgan fingerprint density at radius 2 is 1.05 bits per heavy atom. The maximum Gasteiger partial charge on any atom is 0.328 e. The highest BCUT2D eigenvalue weighted by Crippen LogP contribution is 2.15. The standard InChI is InChI=1S/C48H80N2O7/c1-3-5-7-9-11-13-14-15-16-17-18-19-20-21-22-24-26-32-36-40-47(54)57-43(37-33-29-25-23-12-10-8-6-4-2)38-34-30-27-28-31-35-39-45(52)49-41-46(53)50-44(42-51)48(55)56/h5,7,11,13,15-16,18-19,23,25,33,37,43-44,51H,3-4,6,8-10,12,14,17,20-22,24,26-32,34-36,38-42H2,1-2H3,(H,49,52)(H,50,53)(H,55,56)/b7-5-,13-11-,16-15-,19-18-,25-23-,37-33-. The lowest BCUT2D eigenvalue weighted by Crippen LogP contribution is -2.47. The lowest BCUT2D eigenvalue weighted by atomic mass is 10.1. The number of aliphatic hydroxyl groups is 1. The highest BCUT2D eigenvalue weighted by Gasteiger charge is 2.18. The molecule has 0 fully saturated rings. The molecule has 2 unspecified atom stereocenters. The van der Waals surface area contributed by atoms with Crippen LogP contribution in [0.25, 0.3) is 0 Å². The number of hydrogen-bond acceptors (Lipinski definition) is 6. The number of nitrogens with one attached hydrogen (secondary N) is 2. The normalized spacial score (nSPS) is 13.2. The summed E-state index contributed by atoms with van der Waals surface area (Å²) in [4.78, 5) is 47.5. The first-order valence-corrected chi connectivity index (χ1v) is 22.3. The lowest BCUT2D eigenvalue weighted by molar-refractivity contribution is -0.147. The topological polar surface area (TPSA) is 142 Å². The molecule has 4 N–H and O–H groups in total. The first-order chi connectivity index (χ1) is 27.8. The van der Waals surface area contributed by atoms with E-state index in [2.05, 4.69) is 97.4 Å². The molecule has 0 aromatic carbocycles. The van der Waals surface area contributed by atoms with Crippen LogP contribution in [0.4, 0.5) is 0 Å². The first-order valence-electron chi connectivity index (χ1n) is 22.3. The highest BCUT2D eigenvalue weighted by molar-refractivity contribution is 5.87. The average Bonchev–Trinajstić information content (AvgIpc) is 3.20. The molecule has 0 bridgehead atoms. The minimum atomic E-state index is -1.39. The van der Waals surface area contributed by atoms with Gasteiger partial charge in [-0.2, -0.15) is 0 Å². The van der Waals surface area contributed by atoms with Crippen LogP contribution in [0.1, 0.15) is 181 Å². The molecule has 9 nitrogen and oxygen atoms in total. The Balaban J connectivity index is 4.30. The van der Waals surface area contributed by atoms with E-state index in [-0.39, 0.29) is 24.5 Å². The average molecular weight is 797 g/mol. The molecule has 2 amide bonds. The molecule has 0 heterocycles. The smallest absolute Gasteiger partial charge is 0.328 e. The van der Waals surface area contributed by atoms with Crippen LogP contribution in [0.5, 0.6) is 0 Å². The molecule has 57 heavy (non-hydrogen) atoms. The number of carboxylic acids is 1. The predicted molar refractivity (Wildman–Crippen MR) is 236 cm³/mol. The Morgan fingerprint density at radius 1 is 0.561 bits per heavy atom. The fourth-order valence-electron chi connectivity index (χ4n) is 6.01. The number of carbonyl (C=O) groups is 4. The number of rotatable bonds is 39. The van der Waals surface area contributed by atoms with Crippen LogP contribution >= 0.6 is 0 Å². The summed E-state index contributed by atoms with van der Waals surface area (Å²) < 4.78 is 5.93. The van der Waals surface area contributed by atoms with Crippen molar-refractivity contribution < 1.29 is 34.1 Å². The Morgan fingerprint density at radius 3 is 1.61 bits per heavy atom. The summed E-state index contributed by atoms with van der Waals surface area (Å²) in [5.74, 6) is -2.37. The number of amides is 2. The maximum absolute atomic E-state index is 12.8. The highest BCUT2D eigenvalue weighted by atomic mass is 16.5. The van der Waals surface area contributed by atoms with E-state index in [0.29, 0.717) is 19.3 Å². The van der Waals surface area contributed by atoms with Crippen molar-refractivity contribution in [1.29, 1.82) is 0 Å². The van der Waals surface area contributed by atoms with Gasteiger partial charge in [0.2, 0.25) is 11.8 Å². The number of allylic oxidation sites excluding steroid dienone is 11. The predicted octanol–water partition coefficient (Wildman–Crippen LogP) is 11.1. The zero-order valence-electron chi connectivity index (χ0n) is 35.8. The molecule has 0 aliphatic rings. The van der Waals surface area contributed by atoms with Crippen molar-refractivity contribution in [3.63, 3.8) is 0 Å². The third-order valence-electron chi connectivity index (χ3n) is 9.42. The van der Waals surface area contributed by atoms with Crippen molar-refractivity contribution in [1.82, 2.24) is 10.6 Å². The van der Waals surface area contributed by atoms with Gasteiger partial charge in [-0.3, -0.25) is 14.4 Å². The Bertz CT molecular complexity index is 1190. The van der Waals surface area contributed by atoms with Crippen LogP contribution in [0.15, 0.2) is 72.9 Å². The minimum absolute atomic E-state index is 0.110. The van der Waals surface area contributed by atoms with Gasteiger partial charge in [0.05, 0.1) is 13.2 Å². The third-order valence-corrected chi connectivity index (χ3v) is 9.42. The van der Waals surface area contributed by atoms with Crippen LogP contribution in [0.2, 0.25) is 0 Å². The maximum atomic E-state index is 12.8. The van der Waals surface area contributed by atoms with Crippen LogP contribution < -0.4 is 10.6 Å². The van der Waals surface area contributed by atoms with Crippen molar-refractivity contribution >= 4 is 23.8 Å².